The fourth-order valence-corrected chi connectivity index (χ4v) is 2.37. The first-order chi connectivity index (χ1) is 9.67. The zero-order valence-electron chi connectivity index (χ0n) is 10.7. The van der Waals surface area contributed by atoms with Crippen molar-refractivity contribution in [2.45, 2.75) is 24.4 Å². The summed E-state index contributed by atoms with van der Waals surface area (Å²) in [7, 11) is 1.71. The molecule has 0 radical (unpaired) electrons. The SMILES string of the molecule is CNc1ncnc2c(C3OC(CO)C(O)C3O)[nH]nc12. The minimum absolute atomic E-state index is 0.377. The van der Waals surface area contributed by atoms with E-state index in [2.05, 4.69) is 25.5 Å². The number of fused-ring (bicyclic) bond motifs is 1. The number of aliphatic hydroxyl groups excluding tert-OH is 3. The number of hydrogen-bond acceptors (Lipinski definition) is 8. The average Bonchev–Trinajstić information content (AvgIpc) is 3.01. The highest BCUT2D eigenvalue weighted by Gasteiger charge is 2.44. The van der Waals surface area contributed by atoms with Crippen LogP contribution in [0.4, 0.5) is 5.82 Å². The minimum Gasteiger partial charge on any atom is -0.394 e. The lowest BCUT2D eigenvalue weighted by Crippen LogP contribution is -2.32. The zero-order chi connectivity index (χ0) is 14.3. The van der Waals surface area contributed by atoms with E-state index < -0.39 is 24.4 Å². The van der Waals surface area contributed by atoms with Crippen LogP contribution in [0.3, 0.4) is 0 Å². The number of aliphatic hydroxyl groups is 3. The third kappa shape index (κ3) is 1.83. The first-order valence-corrected chi connectivity index (χ1v) is 6.16. The van der Waals surface area contributed by atoms with Crippen LogP contribution in [0.15, 0.2) is 6.33 Å². The second-order valence-electron chi connectivity index (χ2n) is 4.57. The van der Waals surface area contributed by atoms with E-state index in [0.717, 1.165) is 0 Å². The molecule has 1 fully saturated rings. The Morgan fingerprint density at radius 2 is 2.10 bits per heavy atom. The maximum absolute atomic E-state index is 10.0. The first-order valence-electron chi connectivity index (χ1n) is 6.16. The number of H-pyrrole nitrogens is 1. The third-order valence-electron chi connectivity index (χ3n) is 3.43. The maximum atomic E-state index is 10.0. The Balaban J connectivity index is 2.03. The lowest BCUT2D eigenvalue weighted by atomic mass is 10.1. The largest absolute Gasteiger partial charge is 0.394 e. The van der Waals surface area contributed by atoms with Crippen molar-refractivity contribution in [3.8, 4) is 0 Å². The number of aromatic nitrogens is 4. The zero-order valence-corrected chi connectivity index (χ0v) is 10.7. The van der Waals surface area contributed by atoms with E-state index in [4.69, 9.17) is 9.84 Å². The van der Waals surface area contributed by atoms with Gasteiger partial charge in [-0.3, -0.25) is 5.10 Å². The molecule has 108 valence electrons. The van der Waals surface area contributed by atoms with Gasteiger partial charge in [-0.25, -0.2) is 9.97 Å². The van der Waals surface area contributed by atoms with E-state index in [9.17, 15) is 10.2 Å². The second-order valence-corrected chi connectivity index (χ2v) is 4.57. The molecule has 0 amide bonds. The molecule has 9 nitrogen and oxygen atoms in total. The fourth-order valence-electron chi connectivity index (χ4n) is 2.37. The molecule has 0 bridgehead atoms. The van der Waals surface area contributed by atoms with Gasteiger partial charge in [0.25, 0.3) is 0 Å². The number of hydrogen-bond donors (Lipinski definition) is 5. The average molecular weight is 281 g/mol. The van der Waals surface area contributed by atoms with Gasteiger partial charge in [0.2, 0.25) is 0 Å². The number of ether oxygens (including phenoxy) is 1. The van der Waals surface area contributed by atoms with E-state index in [1.54, 1.807) is 7.05 Å². The van der Waals surface area contributed by atoms with E-state index in [-0.39, 0.29) is 6.61 Å². The molecule has 2 aromatic rings. The van der Waals surface area contributed by atoms with Crippen LogP contribution in [0.2, 0.25) is 0 Å². The predicted octanol–water partition coefficient (Wildman–Crippen LogP) is -1.45. The van der Waals surface area contributed by atoms with Crippen LogP contribution >= 0.6 is 0 Å². The molecule has 9 heteroatoms. The summed E-state index contributed by atoms with van der Waals surface area (Å²) >= 11 is 0. The standard InChI is InChI=1S/C11H15N5O4/c1-12-11-7-5(13-3-14-11)6(15-16-7)10-9(19)8(18)4(2-17)20-10/h3-4,8-10,17-19H,2H2,1H3,(H,15,16)(H,12,13,14). The van der Waals surface area contributed by atoms with E-state index in [1.165, 1.54) is 6.33 Å². The Hall–Kier alpha value is -1.81. The van der Waals surface area contributed by atoms with Crippen LogP contribution in [-0.4, -0.2) is 67.5 Å². The molecule has 20 heavy (non-hydrogen) atoms. The second kappa shape index (κ2) is 4.94. The van der Waals surface area contributed by atoms with Crippen LogP contribution in [0.1, 0.15) is 11.8 Å². The molecule has 0 aromatic carbocycles. The molecule has 2 aromatic heterocycles. The van der Waals surface area contributed by atoms with Crippen molar-refractivity contribution in [3.63, 3.8) is 0 Å². The van der Waals surface area contributed by atoms with Crippen LogP contribution in [0.5, 0.6) is 0 Å². The van der Waals surface area contributed by atoms with Crippen molar-refractivity contribution in [3.05, 3.63) is 12.0 Å². The van der Waals surface area contributed by atoms with Crippen molar-refractivity contribution in [2.24, 2.45) is 0 Å². The Morgan fingerprint density at radius 1 is 1.30 bits per heavy atom. The highest BCUT2D eigenvalue weighted by atomic mass is 16.6. The lowest BCUT2D eigenvalue weighted by Gasteiger charge is -2.12. The number of nitrogens with one attached hydrogen (secondary N) is 2. The fraction of sp³-hybridized carbons (Fsp3) is 0.545. The van der Waals surface area contributed by atoms with Gasteiger partial charge in [-0.05, 0) is 0 Å². The van der Waals surface area contributed by atoms with Gasteiger partial charge in [-0.1, -0.05) is 0 Å². The molecule has 3 rings (SSSR count). The summed E-state index contributed by atoms with van der Waals surface area (Å²) in [6.45, 7) is -0.377. The molecule has 1 aliphatic rings. The highest BCUT2D eigenvalue weighted by molar-refractivity contribution is 5.86. The topological polar surface area (TPSA) is 136 Å². The Kier molecular flexibility index (Phi) is 3.26. The first kappa shape index (κ1) is 13.2. The van der Waals surface area contributed by atoms with Gasteiger partial charge in [0.05, 0.1) is 12.3 Å². The van der Waals surface area contributed by atoms with Crippen LogP contribution < -0.4 is 5.32 Å². The summed E-state index contributed by atoms with van der Waals surface area (Å²) in [5, 5.41) is 38.7. The smallest absolute Gasteiger partial charge is 0.157 e. The van der Waals surface area contributed by atoms with Crippen molar-refractivity contribution in [2.75, 3.05) is 19.0 Å². The number of aromatic amines is 1. The van der Waals surface area contributed by atoms with Crippen LogP contribution in [0, 0.1) is 0 Å². The monoisotopic (exact) mass is 281 g/mol. The van der Waals surface area contributed by atoms with Crippen LogP contribution in [0.25, 0.3) is 11.0 Å². The molecule has 0 aliphatic carbocycles. The van der Waals surface area contributed by atoms with Crippen LogP contribution in [-0.2, 0) is 4.74 Å². The van der Waals surface area contributed by atoms with E-state index >= 15 is 0 Å². The normalized spacial score (nSPS) is 30.0. The summed E-state index contributed by atoms with van der Waals surface area (Å²) < 4.78 is 5.46. The van der Waals surface area contributed by atoms with Crippen molar-refractivity contribution in [1.82, 2.24) is 20.2 Å². The molecule has 4 unspecified atom stereocenters. The Labute approximate surface area is 113 Å². The summed E-state index contributed by atoms with van der Waals surface area (Å²) in [4.78, 5) is 8.16. The van der Waals surface area contributed by atoms with Crippen molar-refractivity contribution < 1.29 is 20.1 Å². The van der Waals surface area contributed by atoms with E-state index in [1.807, 2.05) is 0 Å². The lowest BCUT2D eigenvalue weighted by molar-refractivity contribution is -0.0236. The number of rotatable bonds is 3. The molecule has 1 aliphatic heterocycles. The minimum atomic E-state index is -1.16. The number of anilines is 1. The predicted molar refractivity (Wildman–Crippen MR) is 67.9 cm³/mol. The van der Waals surface area contributed by atoms with Gasteiger partial charge in [0.15, 0.2) is 11.3 Å². The molecule has 0 spiro atoms. The summed E-state index contributed by atoms with van der Waals surface area (Å²) in [6.07, 6.45) is -2.61. The highest BCUT2D eigenvalue weighted by Crippen LogP contribution is 2.35. The molecular weight excluding hydrogens is 266 g/mol. The Morgan fingerprint density at radius 3 is 2.75 bits per heavy atom. The molecule has 4 atom stereocenters. The van der Waals surface area contributed by atoms with Crippen molar-refractivity contribution >= 4 is 16.9 Å². The third-order valence-corrected chi connectivity index (χ3v) is 3.43. The van der Waals surface area contributed by atoms with Crippen molar-refractivity contribution in [1.29, 1.82) is 0 Å². The molecular formula is C11H15N5O4. The molecule has 0 saturated carbocycles. The summed E-state index contributed by atoms with van der Waals surface area (Å²) in [5.41, 5.74) is 1.46. The maximum Gasteiger partial charge on any atom is 0.157 e. The summed E-state index contributed by atoms with van der Waals surface area (Å²) in [6, 6.07) is 0. The summed E-state index contributed by atoms with van der Waals surface area (Å²) in [5.74, 6) is 0.546. The van der Waals surface area contributed by atoms with Gasteiger partial charge in [-0.15, -0.1) is 0 Å². The molecule has 5 N–H and O–H groups in total. The number of nitrogens with zero attached hydrogens (tertiary/aromatic N) is 3. The van der Waals surface area contributed by atoms with E-state index in [0.29, 0.717) is 22.5 Å². The van der Waals surface area contributed by atoms with Gasteiger partial charge >= 0.3 is 0 Å². The van der Waals surface area contributed by atoms with Gasteiger partial charge in [0, 0.05) is 7.05 Å². The van der Waals surface area contributed by atoms with Gasteiger partial charge < -0.3 is 25.4 Å². The Bertz CT molecular complexity index is 618. The van der Waals surface area contributed by atoms with Gasteiger partial charge in [0.1, 0.15) is 36.3 Å². The molecule has 1 saturated heterocycles. The quantitative estimate of drug-likeness (QED) is 0.461. The molecule has 3 heterocycles. The van der Waals surface area contributed by atoms with Gasteiger partial charge in [-0.2, -0.15) is 5.10 Å².